The fourth-order valence-corrected chi connectivity index (χ4v) is 2.35. The monoisotopic (exact) mass is 368 g/mol. The molecule has 0 unspecified atom stereocenters. The lowest BCUT2D eigenvalue weighted by atomic mass is 10.3. The summed E-state index contributed by atoms with van der Waals surface area (Å²) in [5.41, 5.74) is -0.139. The number of aliphatic imine (C=N–C) groups is 1. The first kappa shape index (κ1) is 18.8. The van der Waals surface area contributed by atoms with E-state index in [4.69, 9.17) is 9.47 Å². The van der Waals surface area contributed by atoms with Crippen molar-refractivity contribution in [3.05, 3.63) is 28.2 Å². The smallest absolute Gasteiger partial charge is 0.280 e. The van der Waals surface area contributed by atoms with Gasteiger partial charge in [0.05, 0.1) is 25.5 Å². The fourth-order valence-electron chi connectivity index (χ4n) is 2.06. The molecule has 0 bridgehead atoms. The summed E-state index contributed by atoms with van der Waals surface area (Å²) >= 11 is 4.10. The minimum Gasteiger partial charge on any atom is -0.505 e. The number of thiol groups is 1. The van der Waals surface area contributed by atoms with E-state index in [1.807, 2.05) is 0 Å². The second-order valence-electron chi connectivity index (χ2n) is 5.18. The maximum Gasteiger partial charge on any atom is 0.280 e. The third-order valence-corrected chi connectivity index (χ3v) is 3.50. The lowest BCUT2D eigenvalue weighted by molar-refractivity contribution is 0.0341. The van der Waals surface area contributed by atoms with Gasteiger partial charge in [0.1, 0.15) is 5.76 Å². The van der Waals surface area contributed by atoms with Gasteiger partial charge in [0.2, 0.25) is 5.95 Å². The molecule has 0 aliphatic rings. The highest BCUT2D eigenvalue weighted by Gasteiger charge is 2.23. The average molecular weight is 368 g/mol. The standard InChI is InChI=1S/C14H20N6O4S/c1-19(2)6-16-14-17-11-9(12(22)18-14)15-7-20(11)13(24-4)10(21)8(5-25)23-3/h6-7,13,21,25H,5H2,1-4H3,(H,17,18,22)/b10-8-,16-6-/t13-/m0/s1. The number of aromatic amines is 1. The van der Waals surface area contributed by atoms with Gasteiger partial charge in [-0.05, 0) is 0 Å². The van der Waals surface area contributed by atoms with Crippen LogP contribution in [0.2, 0.25) is 0 Å². The van der Waals surface area contributed by atoms with Crippen molar-refractivity contribution in [1.82, 2.24) is 24.4 Å². The van der Waals surface area contributed by atoms with Crippen LogP contribution in [0.1, 0.15) is 6.23 Å². The zero-order valence-electron chi connectivity index (χ0n) is 14.3. The Morgan fingerprint density at radius 1 is 1.56 bits per heavy atom. The highest BCUT2D eigenvalue weighted by atomic mass is 32.1. The Bertz CT molecular complexity index is 851. The summed E-state index contributed by atoms with van der Waals surface area (Å²) in [4.78, 5) is 28.8. The number of aliphatic hydroxyl groups excluding tert-OH is 1. The highest BCUT2D eigenvalue weighted by Crippen LogP contribution is 2.24. The van der Waals surface area contributed by atoms with E-state index in [-0.39, 0.29) is 34.4 Å². The topological polar surface area (TPSA) is 118 Å². The molecule has 2 heterocycles. The molecule has 0 amide bonds. The third-order valence-electron chi connectivity index (χ3n) is 3.22. The van der Waals surface area contributed by atoms with Gasteiger partial charge in [-0.2, -0.15) is 17.6 Å². The van der Waals surface area contributed by atoms with Crippen LogP contribution in [0, 0.1) is 0 Å². The average Bonchev–Trinajstić information content (AvgIpc) is 2.99. The lowest BCUT2D eigenvalue weighted by Crippen LogP contribution is -2.17. The summed E-state index contributed by atoms with van der Waals surface area (Å²) in [6.45, 7) is 0. The van der Waals surface area contributed by atoms with Gasteiger partial charge >= 0.3 is 0 Å². The van der Waals surface area contributed by atoms with Gasteiger partial charge in [0.15, 0.2) is 23.2 Å². The van der Waals surface area contributed by atoms with Crippen LogP contribution in [-0.4, -0.2) is 69.9 Å². The minimum absolute atomic E-state index is 0.100. The summed E-state index contributed by atoms with van der Waals surface area (Å²) in [7, 11) is 6.39. The SMILES string of the molecule is CO/C(CS)=C(\O)[C@H](OC)n1cnc2c(=O)[nH]c(/N=C\N(C)C)nc21. The van der Waals surface area contributed by atoms with Crippen LogP contribution in [-0.2, 0) is 9.47 Å². The van der Waals surface area contributed by atoms with E-state index < -0.39 is 11.8 Å². The molecule has 2 aromatic heterocycles. The number of hydrogen-bond donors (Lipinski definition) is 3. The molecule has 2 N–H and O–H groups in total. The molecule has 0 aliphatic carbocycles. The number of nitrogens with zero attached hydrogens (tertiary/aromatic N) is 5. The molecule has 0 radical (unpaired) electrons. The van der Waals surface area contributed by atoms with E-state index in [1.54, 1.807) is 19.0 Å². The minimum atomic E-state index is -0.980. The van der Waals surface area contributed by atoms with Gasteiger partial charge in [-0.15, -0.1) is 0 Å². The molecule has 2 aromatic rings. The number of aliphatic hydroxyl groups is 1. The molecule has 136 valence electrons. The van der Waals surface area contributed by atoms with Crippen LogP contribution >= 0.6 is 12.6 Å². The van der Waals surface area contributed by atoms with Crippen molar-refractivity contribution in [3.63, 3.8) is 0 Å². The van der Waals surface area contributed by atoms with Gasteiger partial charge in [-0.3, -0.25) is 14.3 Å². The zero-order chi connectivity index (χ0) is 18.6. The van der Waals surface area contributed by atoms with Crippen LogP contribution in [0.3, 0.4) is 0 Å². The molecular weight excluding hydrogens is 348 g/mol. The first-order chi connectivity index (χ1) is 11.9. The van der Waals surface area contributed by atoms with Crippen LogP contribution in [0.5, 0.6) is 0 Å². The third kappa shape index (κ3) is 3.94. The number of imidazole rings is 1. The van der Waals surface area contributed by atoms with E-state index in [9.17, 15) is 9.90 Å². The Labute approximate surface area is 149 Å². The predicted octanol–water partition coefficient (Wildman–Crippen LogP) is 0.832. The van der Waals surface area contributed by atoms with Crippen LogP contribution in [0.15, 0.2) is 27.6 Å². The van der Waals surface area contributed by atoms with Crippen molar-refractivity contribution in [2.75, 3.05) is 34.1 Å². The van der Waals surface area contributed by atoms with Crippen molar-refractivity contribution in [2.45, 2.75) is 6.23 Å². The molecule has 10 nitrogen and oxygen atoms in total. The molecular formula is C14H20N6O4S. The van der Waals surface area contributed by atoms with Gasteiger partial charge in [0.25, 0.3) is 5.56 Å². The molecule has 11 heteroatoms. The summed E-state index contributed by atoms with van der Waals surface area (Å²) < 4.78 is 11.8. The van der Waals surface area contributed by atoms with Crippen LogP contribution < -0.4 is 5.56 Å². The second kappa shape index (κ2) is 8.03. The molecule has 0 fully saturated rings. The van der Waals surface area contributed by atoms with E-state index in [2.05, 4.69) is 32.6 Å². The molecule has 2 rings (SSSR count). The van der Waals surface area contributed by atoms with E-state index in [1.165, 1.54) is 31.5 Å². The Balaban J connectivity index is 2.61. The Morgan fingerprint density at radius 2 is 2.28 bits per heavy atom. The molecule has 0 spiro atoms. The number of aromatic nitrogens is 4. The second-order valence-corrected chi connectivity index (χ2v) is 5.50. The number of fused-ring (bicyclic) bond motifs is 1. The molecule has 0 aromatic carbocycles. The van der Waals surface area contributed by atoms with Gasteiger partial charge in [-0.25, -0.2) is 9.98 Å². The Kier molecular flexibility index (Phi) is 6.04. The fraction of sp³-hybridized carbons (Fsp3) is 0.429. The van der Waals surface area contributed by atoms with Crippen molar-refractivity contribution in [3.8, 4) is 0 Å². The number of hydrogen-bond acceptors (Lipinski definition) is 8. The first-order valence-corrected chi connectivity index (χ1v) is 7.83. The zero-order valence-corrected chi connectivity index (χ0v) is 15.2. The summed E-state index contributed by atoms with van der Waals surface area (Å²) in [5.74, 6) is 0.307. The van der Waals surface area contributed by atoms with Crippen molar-refractivity contribution >= 4 is 36.1 Å². The van der Waals surface area contributed by atoms with Crippen molar-refractivity contribution in [1.29, 1.82) is 0 Å². The number of H-pyrrole nitrogens is 1. The summed E-state index contributed by atoms with van der Waals surface area (Å²) in [5, 5.41) is 10.4. The van der Waals surface area contributed by atoms with E-state index >= 15 is 0 Å². The molecule has 0 aliphatic heterocycles. The van der Waals surface area contributed by atoms with Crippen molar-refractivity contribution in [2.24, 2.45) is 4.99 Å². The number of methoxy groups -OCH3 is 2. The summed E-state index contributed by atoms with van der Waals surface area (Å²) in [6, 6.07) is 0. The van der Waals surface area contributed by atoms with Crippen LogP contribution in [0.25, 0.3) is 11.2 Å². The number of nitrogens with one attached hydrogen (secondary N) is 1. The largest absolute Gasteiger partial charge is 0.505 e. The van der Waals surface area contributed by atoms with Crippen LogP contribution in [0.4, 0.5) is 5.95 Å². The molecule has 1 atom stereocenters. The normalized spacial score (nSPS) is 14.0. The molecule has 0 saturated carbocycles. The Morgan fingerprint density at radius 3 is 2.84 bits per heavy atom. The van der Waals surface area contributed by atoms with Crippen molar-refractivity contribution < 1.29 is 14.6 Å². The van der Waals surface area contributed by atoms with Gasteiger partial charge in [0, 0.05) is 21.2 Å². The summed E-state index contributed by atoms with van der Waals surface area (Å²) in [6.07, 6.45) is 1.87. The van der Waals surface area contributed by atoms with Gasteiger partial charge in [-0.1, -0.05) is 0 Å². The molecule has 0 saturated heterocycles. The first-order valence-electron chi connectivity index (χ1n) is 7.20. The van der Waals surface area contributed by atoms with Gasteiger partial charge < -0.3 is 19.5 Å². The quantitative estimate of drug-likeness (QED) is 0.287. The number of ether oxygens (including phenoxy) is 2. The lowest BCUT2D eigenvalue weighted by Gasteiger charge is -2.18. The predicted molar refractivity (Wildman–Crippen MR) is 96.6 cm³/mol. The highest BCUT2D eigenvalue weighted by molar-refractivity contribution is 7.80. The Hall–Kier alpha value is -2.53. The maximum absolute atomic E-state index is 12.2. The maximum atomic E-state index is 12.2. The van der Waals surface area contributed by atoms with E-state index in [0.717, 1.165) is 0 Å². The number of rotatable bonds is 7. The van der Waals surface area contributed by atoms with E-state index in [0.29, 0.717) is 0 Å². The molecule has 25 heavy (non-hydrogen) atoms.